The van der Waals surface area contributed by atoms with Gasteiger partial charge in [0.2, 0.25) is 5.95 Å². The van der Waals surface area contributed by atoms with E-state index in [0.29, 0.717) is 35.3 Å². The van der Waals surface area contributed by atoms with Gasteiger partial charge in [0.25, 0.3) is 5.56 Å². The lowest BCUT2D eigenvalue weighted by Crippen LogP contribution is -2.41. The van der Waals surface area contributed by atoms with Crippen molar-refractivity contribution in [1.29, 1.82) is 0 Å². The summed E-state index contributed by atoms with van der Waals surface area (Å²) in [5.74, 6) is 0.839. The number of aromatic nitrogens is 4. The fourth-order valence-electron chi connectivity index (χ4n) is 3.51. The lowest BCUT2D eigenvalue weighted by atomic mass is 10.3. The van der Waals surface area contributed by atoms with Crippen molar-refractivity contribution in [3.63, 3.8) is 0 Å². The molecular formula is C18H18ClN5O4. The zero-order valence-corrected chi connectivity index (χ0v) is 16.4. The number of carbonyl (C=O) groups is 1. The topological polar surface area (TPSA) is 91.4 Å². The van der Waals surface area contributed by atoms with Crippen LogP contribution in [-0.4, -0.2) is 38.1 Å². The molecule has 0 unspecified atom stereocenters. The zero-order valence-electron chi connectivity index (χ0n) is 15.6. The SMILES string of the molecule is COc1ccc(N2CCn3c2nc2c3c(=O)n(CC(C)=O)c(=O)n2C)cc1Cl. The average molecular weight is 404 g/mol. The maximum Gasteiger partial charge on any atom is 0.332 e. The lowest BCUT2D eigenvalue weighted by molar-refractivity contribution is -0.117. The van der Waals surface area contributed by atoms with Crippen molar-refractivity contribution in [2.24, 2.45) is 7.05 Å². The van der Waals surface area contributed by atoms with Crippen molar-refractivity contribution in [3.8, 4) is 5.75 Å². The van der Waals surface area contributed by atoms with E-state index in [2.05, 4.69) is 4.98 Å². The predicted molar refractivity (Wildman–Crippen MR) is 105 cm³/mol. The summed E-state index contributed by atoms with van der Waals surface area (Å²) < 4.78 is 9.21. The largest absolute Gasteiger partial charge is 0.495 e. The molecule has 9 nitrogen and oxygen atoms in total. The first kappa shape index (κ1) is 18.3. The van der Waals surface area contributed by atoms with Gasteiger partial charge in [0.05, 0.1) is 18.7 Å². The number of benzene rings is 1. The second-order valence-corrected chi connectivity index (χ2v) is 7.05. The number of ketones is 1. The van der Waals surface area contributed by atoms with E-state index in [4.69, 9.17) is 16.3 Å². The van der Waals surface area contributed by atoms with Gasteiger partial charge in [-0.1, -0.05) is 11.6 Å². The predicted octanol–water partition coefficient (Wildman–Crippen LogP) is 1.30. The molecule has 4 rings (SSSR count). The Balaban J connectivity index is 1.91. The molecule has 0 amide bonds. The summed E-state index contributed by atoms with van der Waals surface area (Å²) in [6.07, 6.45) is 0. The summed E-state index contributed by atoms with van der Waals surface area (Å²) in [7, 11) is 3.08. The summed E-state index contributed by atoms with van der Waals surface area (Å²) >= 11 is 6.24. The number of methoxy groups -OCH3 is 1. The number of nitrogens with zero attached hydrogens (tertiary/aromatic N) is 5. The minimum atomic E-state index is -0.566. The molecule has 0 N–H and O–H groups in total. The fraction of sp³-hybridized carbons (Fsp3) is 0.333. The number of hydrogen-bond donors (Lipinski definition) is 0. The number of imidazole rings is 1. The van der Waals surface area contributed by atoms with Crippen molar-refractivity contribution in [2.45, 2.75) is 20.0 Å². The first-order valence-corrected chi connectivity index (χ1v) is 9.02. The molecule has 1 aromatic carbocycles. The Morgan fingerprint density at radius 3 is 2.68 bits per heavy atom. The van der Waals surface area contributed by atoms with Crippen LogP contribution in [0.2, 0.25) is 5.02 Å². The van der Waals surface area contributed by atoms with Crippen molar-refractivity contribution in [2.75, 3.05) is 18.6 Å². The highest BCUT2D eigenvalue weighted by atomic mass is 35.5. The van der Waals surface area contributed by atoms with E-state index >= 15 is 0 Å². The Bertz CT molecular complexity index is 1240. The number of fused-ring (bicyclic) bond motifs is 3. The molecule has 3 heterocycles. The molecule has 0 radical (unpaired) electrons. The Morgan fingerprint density at radius 2 is 2.04 bits per heavy atom. The normalized spacial score (nSPS) is 13.2. The van der Waals surface area contributed by atoms with E-state index < -0.39 is 11.2 Å². The van der Waals surface area contributed by atoms with Crippen LogP contribution in [-0.2, 0) is 24.9 Å². The van der Waals surface area contributed by atoms with Crippen LogP contribution in [0.15, 0.2) is 27.8 Å². The van der Waals surface area contributed by atoms with E-state index in [1.807, 2.05) is 11.0 Å². The van der Waals surface area contributed by atoms with Gasteiger partial charge in [-0.3, -0.25) is 18.7 Å². The molecule has 0 saturated heterocycles. The number of aryl methyl sites for hydroxylation is 1. The van der Waals surface area contributed by atoms with Crippen molar-refractivity contribution in [3.05, 3.63) is 44.1 Å². The minimum absolute atomic E-state index is 0.264. The summed E-state index contributed by atoms with van der Waals surface area (Å²) in [5, 5.41) is 0.464. The maximum absolute atomic E-state index is 12.9. The second kappa shape index (κ2) is 6.52. The number of hydrogen-bond acceptors (Lipinski definition) is 6. The van der Waals surface area contributed by atoms with Crippen LogP contribution in [0.3, 0.4) is 0 Å². The Kier molecular flexibility index (Phi) is 4.26. The molecule has 146 valence electrons. The summed E-state index contributed by atoms with van der Waals surface area (Å²) in [5.41, 5.74) is 0.314. The molecule has 1 aliphatic heterocycles. The molecule has 0 aliphatic carbocycles. The highest BCUT2D eigenvalue weighted by Gasteiger charge is 2.29. The van der Waals surface area contributed by atoms with Crippen LogP contribution in [0.4, 0.5) is 11.6 Å². The number of carbonyl (C=O) groups excluding carboxylic acids is 1. The van der Waals surface area contributed by atoms with E-state index in [1.165, 1.54) is 18.5 Å². The maximum atomic E-state index is 12.9. The van der Waals surface area contributed by atoms with E-state index in [-0.39, 0.29) is 18.0 Å². The van der Waals surface area contributed by atoms with E-state index in [0.717, 1.165) is 10.3 Å². The van der Waals surface area contributed by atoms with E-state index in [9.17, 15) is 14.4 Å². The molecule has 0 fully saturated rings. The third-order valence-electron chi connectivity index (χ3n) is 4.83. The molecular weight excluding hydrogens is 386 g/mol. The molecule has 0 bridgehead atoms. The summed E-state index contributed by atoms with van der Waals surface area (Å²) in [6, 6.07) is 5.38. The van der Waals surface area contributed by atoms with Crippen molar-refractivity contribution < 1.29 is 9.53 Å². The molecule has 10 heteroatoms. The van der Waals surface area contributed by atoms with Gasteiger partial charge in [0, 0.05) is 25.8 Å². The van der Waals surface area contributed by atoms with Gasteiger partial charge in [0.1, 0.15) is 11.5 Å². The standard InChI is InChI=1S/C18H18ClN5O4/c1-10(25)9-24-16(26)14-15(21(2)18(24)27)20-17-22(6-7-23(14)17)11-4-5-13(28-3)12(19)8-11/h4-5,8H,6-7,9H2,1-3H3. The van der Waals surface area contributed by atoms with Crippen molar-refractivity contribution >= 4 is 40.2 Å². The molecule has 0 spiro atoms. The minimum Gasteiger partial charge on any atom is -0.495 e. The third-order valence-corrected chi connectivity index (χ3v) is 5.12. The highest BCUT2D eigenvalue weighted by molar-refractivity contribution is 6.32. The smallest absolute Gasteiger partial charge is 0.332 e. The Hall–Kier alpha value is -3.07. The van der Waals surface area contributed by atoms with Gasteiger partial charge in [-0.05, 0) is 25.1 Å². The van der Waals surface area contributed by atoms with Gasteiger partial charge in [0.15, 0.2) is 11.2 Å². The highest BCUT2D eigenvalue weighted by Crippen LogP contribution is 2.35. The Morgan fingerprint density at radius 1 is 1.29 bits per heavy atom. The quantitative estimate of drug-likeness (QED) is 0.652. The van der Waals surface area contributed by atoms with Crippen LogP contribution in [0.5, 0.6) is 5.75 Å². The first-order chi connectivity index (χ1) is 13.3. The first-order valence-electron chi connectivity index (χ1n) is 8.64. The van der Waals surface area contributed by atoms with Gasteiger partial charge in [-0.15, -0.1) is 0 Å². The van der Waals surface area contributed by atoms with Crippen LogP contribution in [0.25, 0.3) is 11.2 Å². The number of ether oxygens (including phenoxy) is 1. The molecule has 0 atom stereocenters. The number of Topliss-reactive ketones (excluding diaryl/α,β-unsaturated/α-hetero) is 1. The average Bonchev–Trinajstić information content (AvgIpc) is 3.22. The van der Waals surface area contributed by atoms with E-state index in [1.54, 1.807) is 23.8 Å². The molecule has 3 aromatic rings. The van der Waals surface area contributed by atoms with Gasteiger partial charge < -0.3 is 14.2 Å². The number of anilines is 2. The van der Waals surface area contributed by atoms with Gasteiger partial charge >= 0.3 is 5.69 Å². The zero-order chi connectivity index (χ0) is 20.2. The fourth-order valence-corrected chi connectivity index (χ4v) is 3.76. The molecule has 1 aliphatic rings. The van der Waals surface area contributed by atoms with Crippen LogP contribution >= 0.6 is 11.6 Å². The monoisotopic (exact) mass is 403 g/mol. The third kappa shape index (κ3) is 2.62. The lowest BCUT2D eigenvalue weighted by Gasteiger charge is -2.17. The summed E-state index contributed by atoms with van der Waals surface area (Å²) in [4.78, 5) is 43.4. The van der Waals surface area contributed by atoms with Gasteiger partial charge in [-0.2, -0.15) is 4.98 Å². The van der Waals surface area contributed by atoms with Crippen LogP contribution in [0, 0.1) is 0 Å². The molecule has 2 aromatic heterocycles. The molecule has 28 heavy (non-hydrogen) atoms. The second-order valence-electron chi connectivity index (χ2n) is 6.64. The molecule has 0 saturated carbocycles. The van der Waals surface area contributed by atoms with Crippen LogP contribution < -0.4 is 20.9 Å². The number of halogens is 1. The van der Waals surface area contributed by atoms with Gasteiger partial charge in [-0.25, -0.2) is 4.79 Å². The Labute approximate surface area is 164 Å². The van der Waals surface area contributed by atoms with Crippen LogP contribution in [0.1, 0.15) is 6.92 Å². The summed E-state index contributed by atoms with van der Waals surface area (Å²) in [6.45, 7) is 2.19. The van der Waals surface area contributed by atoms with Crippen molar-refractivity contribution in [1.82, 2.24) is 18.7 Å². The number of rotatable bonds is 4.